The summed E-state index contributed by atoms with van der Waals surface area (Å²) in [6.45, 7) is 0. The van der Waals surface area contributed by atoms with Gasteiger partial charge < -0.3 is 0 Å². The molecule has 0 aliphatic carbocycles. The molecule has 0 amide bonds. The quantitative estimate of drug-likeness (QED) is 0.620. The average Bonchev–Trinajstić information content (AvgIpc) is 2.29. The normalized spacial score (nSPS) is 10.1. The molecule has 16 heavy (non-hydrogen) atoms. The minimum absolute atomic E-state index is 0.322. The average molecular weight is 297 g/mol. The van der Waals surface area contributed by atoms with Gasteiger partial charge in [-0.15, -0.1) is 0 Å². The molecule has 0 aliphatic heterocycles. The van der Waals surface area contributed by atoms with Crippen LogP contribution in [0.15, 0.2) is 40.9 Å². The van der Waals surface area contributed by atoms with Crippen LogP contribution in [0.1, 0.15) is 10.4 Å². The number of halogens is 2. The number of carbonyl (C=O) groups is 1. The molecule has 2 rings (SSSR count). The van der Waals surface area contributed by atoms with Crippen molar-refractivity contribution in [3.8, 4) is 11.3 Å². The number of rotatable bonds is 2. The van der Waals surface area contributed by atoms with Crippen LogP contribution in [-0.2, 0) is 0 Å². The summed E-state index contributed by atoms with van der Waals surface area (Å²) >= 11 is 9.19. The van der Waals surface area contributed by atoms with Crippen LogP contribution >= 0.6 is 27.5 Å². The topological polar surface area (TPSA) is 30.0 Å². The molecule has 0 radical (unpaired) electrons. The van der Waals surface area contributed by atoms with E-state index in [4.69, 9.17) is 11.6 Å². The summed E-state index contributed by atoms with van der Waals surface area (Å²) in [5.41, 5.74) is 2.15. The molecule has 1 aromatic heterocycles. The highest BCUT2D eigenvalue weighted by Gasteiger charge is 2.03. The number of benzene rings is 1. The van der Waals surface area contributed by atoms with Crippen molar-refractivity contribution in [2.45, 2.75) is 0 Å². The lowest BCUT2D eigenvalue weighted by Gasteiger charge is -2.02. The van der Waals surface area contributed by atoms with Crippen LogP contribution in [0.25, 0.3) is 11.3 Å². The molecule has 0 spiro atoms. The first-order valence-corrected chi connectivity index (χ1v) is 5.75. The van der Waals surface area contributed by atoms with Gasteiger partial charge in [0.25, 0.3) is 0 Å². The van der Waals surface area contributed by atoms with Crippen LogP contribution in [0.5, 0.6) is 0 Å². The first-order chi connectivity index (χ1) is 7.69. The predicted molar refractivity (Wildman–Crippen MR) is 67.8 cm³/mol. The second-order valence-electron chi connectivity index (χ2n) is 3.23. The van der Waals surface area contributed by atoms with Crippen molar-refractivity contribution < 1.29 is 4.79 Å². The Morgan fingerprint density at radius 2 is 1.88 bits per heavy atom. The van der Waals surface area contributed by atoms with E-state index in [1.54, 1.807) is 6.07 Å². The van der Waals surface area contributed by atoms with Crippen molar-refractivity contribution in [2.24, 2.45) is 0 Å². The standard InChI is InChI=1S/C12H7BrClNO/c13-10-3-1-9(2-4-10)11-5-8(7-16)6-12(14)15-11/h1-7H. The fourth-order valence-corrected chi connectivity index (χ4v) is 1.83. The van der Waals surface area contributed by atoms with Gasteiger partial charge in [-0.2, -0.15) is 0 Å². The second kappa shape index (κ2) is 4.76. The van der Waals surface area contributed by atoms with Gasteiger partial charge in [-0.1, -0.05) is 39.7 Å². The smallest absolute Gasteiger partial charge is 0.150 e. The van der Waals surface area contributed by atoms with Gasteiger partial charge in [0.2, 0.25) is 0 Å². The Morgan fingerprint density at radius 1 is 1.19 bits per heavy atom. The Hall–Kier alpha value is -1.19. The van der Waals surface area contributed by atoms with E-state index >= 15 is 0 Å². The molecule has 2 nitrogen and oxygen atoms in total. The van der Waals surface area contributed by atoms with Gasteiger partial charge in [0.15, 0.2) is 0 Å². The molecular formula is C12H7BrClNO. The number of aldehydes is 1. The van der Waals surface area contributed by atoms with Gasteiger partial charge in [0, 0.05) is 15.6 Å². The first kappa shape index (κ1) is 11.3. The molecule has 80 valence electrons. The Morgan fingerprint density at radius 3 is 2.50 bits per heavy atom. The summed E-state index contributed by atoms with van der Waals surface area (Å²) in [7, 11) is 0. The lowest BCUT2D eigenvalue weighted by molar-refractivity contribution is 0.112. The van der Waals surface area contributed by atoms with Gasteiger partial charge in [-0.3, -0.25) is 4.79 Å². The zero-order chi connectivity index (χ0) is 11.5. The zero-order valence-corrected chi connectivity index (χ0v) is 10.5. The van der Waals surface area contributed by atoms with E-state index < -0.39 is 0 Å². The van der Waals surface area contributed by atoms with E-state index in [-0.39, 0.29) is 0 Å². The minimum atomic E-state index is 0.322. The molecule has 0 fully saturated rings. The molecule has 0 aliphatic rings. The van der Waals surface area contributed by atoms with Crippen LogP contribution in [0, 0.1) is 0 Å². The van der Waals surface area contributed by atoms with Crippen LogP contribution < -0.4 is 0 Å². The molecule has 4 heteroatoms. The fraction of sp³-hybridized carbons (Fsp3) is 0. The third kappa shape index (κ3) is 2.49. The van der Waals surface area contributed by atoms with Crippen molar-refractivity contribution in [1.29, 1.82) is 0 Å². The maximum atomic E-state index is 10.7. The zero-order valence-electron chi connectivity index (χ0n) is 8.15. The van der Waals surface area contributed by atoms with Crippen molar-refractivity contribution in [3.63, 3.8) is 0 Å². The van der Waals surface area contributed by atoms with E-state index in [0.29, 0.717) is 16.4 Å². The molecule has 1 heterocycles. The van der Waals surface area contributed by atoms with Crippen LogP contribution in [0.3, 0.4) is 0 Å². The highest BCUT2D eigenvalue weighted by molar-refractivity contribution is 9.10. The van der Waals surface area contributed by atoms with Crippen molar-refractivity contribution in [2.75, 3.05) is 0 Å². The van der Waals surface area contributed by atoms with Gasteiger partial charge in [0.1, 0.15) is 11.4 Å². The number of aromatic nitrogens is 1. The fourth-order valence-electron chi connectivity index (χ4n) is 1.35. The van der Waals surface area contributed by atoms with E-state index in [0.717, 1.165) is 16.3 Å². The van der Waals surface area contributed by atoms with Gasteiger partial charge in [-0.05, 0) is 24.3 Å². The summed E-state index contributed by atoms with van der Waals surface area (Å²) in [6, 6.07) is 10.9. The van der Waals surface area contributed by atoms with Gasteiger partial charge in [0.05, 0.1) is 5.69 Å². The molecule has 2 aromatic rings. The lowest BCUT2D eigenvalue weighted by Crippen LogP contribution is -1.88. The molecule has 1 aromatic carbocycles. The largest absolute Gasteiger partial charge is 0.298 e. The summed E-state index contributed by atoms with van der Waals surface area (Å²) in [5, 5.41) is 0.322. The van der Waals surface area contributed by atoms with Crippen molar-refractivity contribution in [3.05, 3.63) is 51.6 Å². The Balaban J connectivity index is 2.51. The van der Waals surface area contributed by atoms with E-state index in [2.05, 4.69) is 20.9 Å². The summed E-state index contributed by atoms with van der Waals surface area (Å²) in [4.78, 5) is 14.9. The van der Waals surface area contributed by atoms with Crippen LogP contribution in [-0.4, -0.2) is 11.3 Å². The molecule has 0 unspecified atom stereocenters. The summed E-state index contributed by atoms with van der Waals surface area (Å²) < 4.78 is 0.994. The van der Waals surface area contributed by atoms with E-state index in [1.807, 2.05) is 24.3 Å². The molecular weight excluding hydrogens is 289 g/mol. The summed E-state index contributed by atoms with van der Waals surface area (Å²) in [6.07, 6.45) is 0.760. The number of hydrogen-bond donors (Lipinski definition) is 0. The van der Waals surface area contributed by atoms with Crippen molar-refractivity contribution >= 4 is 33.8 Å². The monoisotopic (exact) mass is 295 g/mol. The van der Waals surface area contributed by atoms with Crippen LogP contribution in [0.2, 0.25) is 5.15 Å². The predicted octanol–water partition coefficient (Wildman–Crippen LogP) is 3.98. The number of pyridine rings is 1. The van der Waals surface area contributed by atoms with Gasteiger partial charge in [-0.25, -0.2) is 4.98 Å². The summed E-state index contributed by atoms with van der Waals surface area (Å²) in [5.74, 6) is 0. The minimum Gasteiger partial charge on any atom is -0.298 e. The Kier molecular flexibility index (Phi) is 3.36. The van der Waals surface area contributed by atoms with Crippen molar-refractivity contribution in [1.82, 2.24) is 4.98 Å². The molecule has 0 saturated carbocycles. The Labute approximate surface area is 106 Å². The highest BCUT2D eigenvalue weighted by atomic mass is 79.9. The third-order valence-electron chi connectivity index (χ3n) is 2.09. The maximum Gasteiger partial charge on any atom is 0.150 e. The van der Waals surface area contributed by atoms with Crippen LogP contribution in [0.4, 0.5) is 0 Å². The Bertz CT molecular complexity index is 525. The van der Waals surface area contributed by atoms with E-state index in [9.17, 15) is 4.79 Å². The molecule has 0 N–H and O–H groups in total. The number of carbonyl (C=O) groups excluding carboxylic acids is 1. The van der Waals surface area contributed by atoms with Gasteiger partial charge >= 0.3 is 0 Å². The SMILES string of the molecule is O=Cc1cc(Cl)nc(-c2ccc(Br)cc2)c1. The van der Waals surface area contributed by atoms with E-state index in [1.165, 1.54) is 6.07 Å². The maximum absolute atomic E-state index is 10.7. The number of nitrogens with zero attached hydrogens (tertiary/aromatic N) is 1. The molecule has 0 atom stereocenters. The highest BCUT2D eigenvalue weighted by Crippen LogP contribution is 2.22. The molecule has 0 saturated heterocycles. The molecule has 0 bridgehead atoms. The lowest BCUT2D eigenvalue weighted by atomic mass is 10.1. The number of hydrogen-bond acceptors (Lipinski definition) is 2. The third-order valence-corrected chi connectivity index (χ3v) is 2.81. The second-order valence-corrected chi connectivity index (χ2v) is 4.54. The first-order valence-electron chi connectivity index (χ1n) is 4.58.